The lowest BCUT2D eigenvalue weighted by Gasteiger charge is -2.32. The minimum Gasteiger partial charge on any atom is -0.508 e. The van der Waals surface area contributed by atoms with Gasteiger partial charge in [-0.2, -0.15) is 0 Å². The van der Waals surface area contributed by atoms with Crippen LogP contribution in [0, 0.1) is 5.92 Å². The van der Waals surface area contributed by atoms with Crippen molar-refractivity contribution >= 4 is 41.5 Å². The van der Waals surface area contributed by atoms with Gasteiger partial charge in [0.2, 0.25) is 29.5 Å². The van der Waals surface area contributed by atoms with Crippen molar-refractivity contribution in [3.8, 4) is 11.5 Å². The lowest BCUT2D eigenvalue weighted by Crippen LogP contribution is -2.60. The second-order valence-corrected chi connectivity index (χ2v) is 15.7. The van der Waals surface area contributed by atoms with Gasteiger partial charge in [0.05, 0.1) is 0 Å². The molecule has 0 aromatic heterocycles. The molecule has 2 unspecified atom stereocenters. The smallest absolute Gasteiger partial charge is 0.326 e. The quantitative estimate of drug-likeness (QED) is 0.129. The summed E-state index contributed by atoms with van der Waals surface area (Å²) in [5.74, 6) is -4.84. The van der Waals surface area contributed by atoms with Gasteiger partial charge in [0.1, 0.15) is 47.8 Å². The summed E-state index contributed by atoms with van der Waals surface area (Å²) in [5, 5.41) is 45.6. The molecule has 1 aliphatic rings. The molecular weight excluding hydrogens is 799 g/mol. The summed E-state index contributed by atoms with van der Waals surface area (Å²) < 4.78 is 0. The first-order valence-corrected chi connectivity index (χ1v) is 20.9. The van der Waals surface area contributed by atoms with Crippen LogP contribution in [0.2, 0.25) is 0 Å². The summed E-state index contributed by atoms with van der Waals surface area (Å²) in [6, 6.07) is 13.2. The molecule has 17 heteroatoms. The van der Waals surface area contributed by atoms with Gasteiger partial charge in [-0.05, 0) is 85.9 Å². The number of aryl methyl sites for hydroxylation is 1. The number of phenols is 2. The van der Waals surface area contributed by atoms with E-state index in [1.54, 1.807) is 19.1 Å². The van der Waals surface area contributed by atoms with Crippen LogP contribution >= 0.6 is 0 Å². The largest absolute Gasteiger partial charge is 0.508 e. The van der Waals surface area contributed by atoms with Crippen molar-refractivity contribution in [2.45, 2.75) is 108 Å². The number of carboxylic acids is 1. The van der Waals surface area contributed by atoms with Crippen LogP contribution in [0.1, 0.15) is 69.6 Å². The molecule has 1 saturated heterocycles. The van der Waals surface area contributed by atoms with Crippen molar-refractivity contribution in [1.29, 1.82) is 0 Å². The highest BCUT2D eigenvalue weighted by molar-refractivity contribution is 5.96. The number of phenolic OH excluding ortho intramolecular Hbond substituents is 2. The molecule has 7 atom stereocenters. The van der Waals surface area contributed by atoms with E-state index in [2.05, 4.69) is 31.9 Å². The van der Waals surface area contributed by atoms with Crippen LogP contribution < -0.4 is 31.9 Å². The Bertz CT molecular complexity index is 2000. The molecule has 334 valence electrons. The number of amides is 7. The SMILES string of the molecule is CC[C@@H](C)[C@@H]1NC(=O)[C@H](NC(=O)N[C@@H](Cc2ccc(O)cc2)C(=O)O)CCCCNC(=O)[C@H](Cc2ccccc2)NC(=O)C(C)N(C)C(=O)C(CCc2ccc(O)cc2)NC1=O. The summed E-state index contributed by atoms with van der Waals surface area (Å²) in [4.78, 5) is 96.7. The van der Waals surface area contributed by atoms with Crippen molar-refractivity contribution in [3.63, 3.8) is 0 Å². The number of rotatable bonds is 12. The molecule has 0 saturated carbocycles. The van der Waals surface area contributed by atoms with E-state index in [1.807, 2.05) is 37.3 Å². The highest BCUT2D eigenvalue weighted by atomic mass is 16.4. The third-order valence-corrected chi connectivity index (χ3v) is 11.1. The van der Waals surface area contributed by atoms with Crippen molar-refractivity contribution in [2.75, 3.05) is 13.6 Å². The molecule has 0 aliphatic carbocycles. The van der Waals surface area contributed by atoms with Gasteiger partial charge in [0, 0.05) is 26.4 Å². The fraction of sp³-hybridized carbons (Fsp3) is 0.444. The molecule has 17 nitrogen and oxygen atoms in total. The van der Waals surface area contributed by atoms with Crippen molar-refractivity contribution in [1.82, 2.24) is 36.8 Å². The lowest BCUT2D eigenvalue weighted by atomic mass is 9.96. The first-order valence-electron chi connectivity index (χ1n) is 20.9. The molecule has 0 bridgehead atoms. The van der Waals surface area contributed by atoms with E-state index >= 15 is 0 Å². The fourth-order valence-corrected chi connectivity index (χ4v) is 6.92. The third-order valence-electron chi connectivity index (χ3n) is 11.1. The minimum atomic E-state index is -1.40. The van der Waals surface area contributed by atoms with Gasteiger partial charge < -0.3 is 52.1 Å². The molecule has 4 rings (SSSR count). The fourth-order valence-electron chi connectivity index (χ4n) is 6.92. The summed E-state index contributed by atoms with van der Waals surface area (Å²) >= 11 is 0. The molecule has 9 N–H and O–H groups in total. The summed E-state index contributed by atoms with van der Waals surface area (Å²) in [7, 11) is 1.43. The van der Waals surface area contributed by atoms with E-state index < -0.39 is 83.7 Å². The number of carbonyl (C=O) groups excluding carboxylic acids is 6. The highest BCUT2D eigenvalue weighted by Gasteiger charge is 2.36. The van der Waals surface area contributed by atoms with Gasteiger partial charge in [-0.3, -0.25) is 24.0 Å². The van der Waals surface area contributed by atoms with E-state index in [-0.39, 0.29) is 50.1 Å². The molecular formula is C45H59N7O10. The number of hydrogen-bond donors (Lipinski definition) is 9. The number of nitrogens with zero attached hydrogens (tertiary/aromatic N) is 1. The highest BCUT2D eigenvalue weighted by Crippen LogP contribution is 2.17. The van der Waals surface area contributed by atoms with Crippen molar-refractivity contribution in [3.05, 3.63) is 95.6 Å². The Hall–Kier alpha value is -6.65. The number of urea groups is 1. The predicted molar refractivity (Wildman–Crippen MR) is 230 cm³/mol. The lowest BCUT2D eigenvalue weighted by molar-refractivity contribution is -0.142. The minimum absolute atomic E-state index is 0.0141. The predicted octanol–water partition coefficient (Wildman–Crippen LogP) is 2.28. The second kappa shape index (κ2) is 23.4. The Morgan fingerprint density at radius 1 is 0.774 bits per heavy atom. The van der Waals surface area contributed by atoms with Crippen LogP contribution in [0.3, 0.4) is 0 Å². The number of benzene rings is 3. The van der Waals surface area contributed by atoms with Crippen molar-refractivity contribution < 1.29 is 48.9 Å². The molecule has 1 heterocycles. The van der Waals surface area contributed by atoms with E-state index in [1.165, 1.54) is 55.3 Å². The topological polar surface area (TPSA) is 256 Å². The maximum Gasteiger partial charge on any atom is 0.326 e. The zero-order valence-corrected chi connectivity index (χ0v) is 35.6. The molecule has 0 spiro atoms. The maximum atomic E-state index is 14.3. The normalized spacial score (nSPS) is 22.0. The van der Waals surface area contributed by atoms with Gasteiger partial charge in [-0.1, -0.05) is 74.9 Å². The van der Waals surface area contributed by atoms with Crippen LogP contribution in [-0.2, 0) is 48.0 Å². The number of hydrogen-bond acceptors (Lipinski definition) is 9. The summed E-state index contributed by atoms with van der Waals surface area (Å²) in [5.41, 5.74) is 2.06. The van der Waals surface area contributed by atoms with Gasteiger partial charge in [-0.25, -0.2) is 9.59 Å². The molecule has 62 heavy (non-hydrogen) atoms. The summed E-state index contributed by atoms with van der Waals surface area (Å²) in [6.45, 7) is 5.23. The number of nitrogens with one attached hydrogen (secondary N) is 6. The molecule has 0 radical (unpaired) electrons. The number of aliphatic carboxylic acids is 1. The van der Waals surface area contributed by atoms with Crippen LogP contribution in [0.4, 0.5) is 4.79 Å². The van der Waals surface area contributed by atoms with Gasteiger partial charge in [0.25, 0.3) is 0 Å². The molecule has 3 aromatic carbocycles. The third kappa shape index (κ3) is 14.5. The van der Waals surface area contributed by atoms with Crippen LogP contribution in [0.15, 0.2) is 78.9 Å². The second-order valence-electron chi connectivity index (χ2n) is 15.7. The van der Waals surface area contributed by atoms with Gasteiger partial charge in [-0.15, -0.1) is 0 Å². The average Bonchev–Trinajstić information content (AvgIpc) is 3.25. The number of carbonyl (C=O) groups is 7. The molecule has 3 aromatic rings. The Morgan fingerprint density at radius 3 is 2.00 bits per heavy atom. The Labute approximate surface area is 361 Å². The zero-order chi connectivity index (χ0) is 45.3. The van der Waals surface area contributed by atoms with E-state index in [4.69, 9.17) is 0 Å². The Kier molecular flexibility index (Phi) is 18.1. The number of carboxylic acid groups (broad SMARTS) is 1. The summed E-state index contributed by atoms with van der Waals surface area (Å²) in [6.07, 6.45) is 1.49. The average molecular weight is 858 g/mol. The Balaban J connectivity index is 1.65. The van der Waals surface area contributed by atoms with E-state index in [0.717, 1.165) is 11.1 Å². The first-order chi connectivity index (χ1) is 29.6. The molecule has 1 fully saturated rings. The zero-order valence-electron chi connectivity index (χ0n) is 35.6. The maximum absolute atomic E-state index is 14.3. The van der Waals surface area contributed by atoms with Crippen LogP contribution in [-0.4, -0.2) is 112 Å². The Morgan fingerprint density at radius 2 is 1.39 bits per heavy atom. The molecule has 7 amide bonds. The number of likely N-dealkylation sites (N-methyl/N-ethyl adjacent to an activating group) is 1. The van der Waals surface area contributed by atoms with Gasteiger partial charge in [0.15, 0.2) is 0 Å². The monoisotopic (exact) mass is 857 g/mol. The van der Waals surface area contributed by atoms with E-state index in [9.17, 15) is 48.9 Å². The standard InChI is InChI=1S/C45H59N7O10/c1-5-27(2)38-42(58)47-35(23-18-29-14-19-32(53)20-15-29)43(59)52(4)28(3)39(55)48-36(25-30-11-7-6-8-12-30)40(56)46-24-10-9-13-34(41(57)51-38)49-45(62)50-37(44(60)61)26-31-16-21-33(54)22-17-31/h6-8,11-12,14-17,19-22,27-28,34-38,53-54H,5,9-10,13,18,23-26H2,1-4H3,(H,46,56)(H,47,58)(H,48,55)(H,51,57)(H,60,61)(H2,49,50,62)/t27-,28?,34-,35?,36+,37+,38+/m1/s1. The van der Waals surface area contributed by atoms with Crippen LogP contribution in [0.5, 0.6) is 11.5 Å². The first kappa shape index (κ1) is 48.0. The van der Waals surface area contributed by atoms with Gasteiger partial charge >= 0.3 is 12.0 Å². The van der Waals surface area contributed by atoms with Crippen molar-refractivity contribution in [2.24, 2.45) is 5.92 Å². The number of aromatic hydroxyl groups is 2. The van der Waals surface area contributed by atoms with E-state index in [0.29, 0.717) is 24.8 Å². The van der Waals surface area contributed by atoms with Crippen LogP contribution in [0.25, 0.3) is 0 Å². The molecule has 1 aliphatic heterocycles.